The van der Waals surface area contributed by atoms with Gasteiger partial charge < -0.3 is 9.84 Å². The fraction of sp³-hybridized carbons (Fsp3) is 0.263. The van der Waals surface area contributed by atoms with E-state index in [-0.39, 0.29) is 18.2 Å². The highest BCUT2D eigenvalue weighted by molar-refractivity contribution is 5.92. The third-order valence-electron chi connectivity index (χ3n) is 3.62. The lowest BCUT2D eigenvalue weighted by Gasteiger charge is -2.27. The summed E-state index contributed by atoms with van der Waals surface area (Å²) in [5.74, 6) is -0.993. The van der Waals surface area contributed by atoms with Gasteiger partial charge in [-0.05, 0) is 50.1 Å². The van der Waals surface area contributed by atoms with E-state index in [1.54, 1.807) is 19.1 Å². The highest BCUT2D eigenvalue weighted by atomic mass is 16.6. The first-order valence-electron chi connectivity index (χ1n) is 7.74. The number of ether oxygens (including phenoxy) is 1. The van der Waals surface area contributed by atoms with Crippen molar-refractivity contribution in [1.29, 1.82) is 0 Å². The molecule has 2 aromatic carbocycles. The number of rotatable bonds is 5. The Morgan fingerprint density at radius 1 is 1.12 bits per heavy atom. The average molecular weight is 327 g/mol. The molecule has 0 fully saturated rings. The van der Waals surface area contributed by atoms with Crippen LogP contribution in [0.1, 0.15) is 35.3 Å². The lowest BCUT2D eigenvalue weighted by molar-refractivity contribution is 0.0696. The van der Waals surface area contributed by atoms with Crippen molar-refractivity contribution in [2.45, 2.75) is 33.4 Å². The Bertz CT molecular complexity index is 725. The van der Waals surface area contributed by atoms with Gasteiger partial charge in [-0.2, -0.15) is 0 Å². The summed E-state index contributed by atoms with van der Waals surface area (Å²) in [6, 6.07) is 14.0. The number of hydrogen-bond acceptors (Lipinski definition) is 3. The van der Waals surface area contributed by atoms with Gasteiger partial charge in [0.05, 0.1) is 11.3 Å². The molecule has 0 unspecified atom stereocenters. The van der Waals surface area contributed by atoms with Crippen LogP contribution in [0.3, 0.4) is 0 Å². The first-order valence-corrected chi connectivity index (χ1v) is 7.74. The average Bonchev–Trinajstić information content (AvgIpc) is 2.55. The summed E-state index contributed by atoms with van der Waals surface area (Å²) in [7, 11) is 0. The number of aryl methyl sites for hydroxylation is 1. The Kier molecular flexibility index (Phi) is 5.58. The molecule has 2 rings (SSSR count). The molecule has 0 aliphatic heterocycles. The number of anilines is 1. The van der Waals surface area contributed by atoms with Crippen LogP contribution < -0.4 is 4.90 Å². The second-order valence-electron chi connectivity index (χ2n) is 5.81. The number of carboxylic acid groups (broad SMARTS) is 1. The van der Waals surface area contributed by atoms with Crippen molar-refractivity contribution >= 4 is 17.7 Å². The number of carbonyl (C=O) groups is 2. The van der Waals surface area contributed by atoms with Crippen molar-refractivity contribution in [2.75, 3.05) is 4.90 Å². The molecule has 0 aromatic heterocycles. The zero-order valence-electron chi connectivity index (χ0n) is 14.0. The van der Waals surface area contributed by atoms with E-state index >= 15 is 0 Å². The summed E-state index contributed by atoms with van der Waals surface area (Å²) in [6.07, 6.45) is -0.458. The number of aromatic carboxylic acids is 1. The lowest BCUT2D eigenvalue weighted by Crippen LogP contribution is -2.38. The number of amides is 1. The van der Waals surface area contributed by atoms with Crippen LogP contribution in [0, 0.1) is 6.92 Å². The van der Waals surface area contributed by atoms with Crippen molar-refractivity contribution in [2.24, 2.45) is 0 Å². The minimum atomic E-state index is -0.993. The van der Waals surface area contributed by atoms with Crippen LogP contribution in [-0.4, -0.2) is 23.2 Å². The van der Waals surface area contributed by atoms with Gasteiger partial charge in [0, 0.05) is 6.04 Å². The van der Waals surface area contributed by atoms with Gasteiger partial charge in [-0.1, -0.05) is 30.3 Å². The van der Waals surface area contributed by atoms with Gasteiger partial charge in [0.2, 0.25) is 0 Å². The molecule has 0 heterocycles. The highest BCUT2D eigenvalue weighted by Crippen LogP contribution is 2.24. The molecule has 0 bridgehead atoms. The van der Waals surface area contributed by atoms with Crippen LogP contribution in [0.2, 0.25) is 0 Å². The number of hydrogen-bond donors (Lipinski definition) is 1. The van der Waals surface area contributed by atoms with Crippen molar-refractivity contribution in [3.05, 3.63) is 65.2 Å². The topological polar surface area (TPSA) is 66.8 Å². The van der Waals surface area contributed by atoms with Crippen LogP contribution in [-0.2, 0) is 11.3 Å². The van der Waals surface area contributed by atoms with Gasteiger partial charge in [-0.15, -0.1) is 0 Å². The molecule has 0 aliphatic rings. The largest absolute Gasteiger partial charge is 0.478 e. The first-order chi connectivity index (χ1) is 11.4. The predicted octanol–water partition coefficient (Wildman–Crippen LogP) is 4.24. The molecular weight excluding hydrogens is 306 g/mol. The molecular formula is C19H21NO4. The fourth-order valence-electron chi connectivity index (χ4n) is 2.43. The molecule has 1 amide bonds. The second-order valence-corrected chi connectivity index (χ2v) is 5.81. The molecule has 0 saturated heterocycles. The van der Waals surface area contributed by atoms with Gasteiger partial charge in [0.1, 0.15) is 6.61 Å². The molecule has 0 saturated carbocycles. The number of carbonyl (C=O) groups excluding carboxylic acids is 1. The van der Waals surface area contributed by atoms with E-state index in [1.165, 1.54) is 11.0 Å². The van der Waals surface area contributed by atoms with Crippen molar-refractivity contribution < 1.29 is 19.4 Å². The number of nitrogens with zero attached hydrogens (tertiary/aromatic N) is 1. The Morgan fingerprint density at radius 3 is 2.33 bits per heavy atom. The predicted molar refractivity (Wildman–Crippen MR) is 92.4 cm³/mol. The molecule has 0 spiro atoms. The smallest absolute Gasteiger partial charge is 0.414 e. The van der Waals surface area contributed by atoms with E-state index in [1.807, 2.05) is 44.2 Å². The van der Waals surface area contributed by atoms with Crippen molar-refractivity contribution in [1.82, 2.24) is 0 Å². The minimum Gasteiger partial charge on any atom is -0.478 e. The van der Waals surface area contributed by atoms with E-state index in [9.17, 15) is 9.59 Å². The van der Waals surface area contributed by atoms with Crippen LogP contribution in [0.25, 0.3) is 0 Å². The standard InChI is InChI=1S/C19H21NO4/c1-13(2)20(17-10-9-16(18(21)22)11-14(17)3)19(23)24-12-15-7-5-4-6-8-15/h4-11,13H,12H2,1-3H3,(H,21,22). The molecule has 2 aromatic rings. The van der Waals surface area contributed by atoms with Crippen LogP contribution >= 0.6 is 0 Å². The Hall–Kier alpha value is -2.82. The first kappa shape index (κ1) is 17.5. The molecule has 0 radical (unpaired) electrons. The van der Waals surface area contributed by atoms with Crippen LogP contribution in [0.5, 0.6) is 0 Å². The van der Waals surface area contributed by atoms with E-state index in [0.29, 0.717) is 11.3 Å². The minimum absolute atomic E-state index is 0.123. The summed E-state index contributed by atoms with van der Waals surface area (Å²) >= 11 is 0. The van der Waals surface area contributed by atoms with Crippen LogP contribution in [0.4, 0.5) is 10.5 Å². The lowest BCUT2D eigenvalue weighted by atomic mass is 10.1. The molecule has 5 nitrogen and oxygen atoms in total. The van der Waals surface area contributed by atoms with Gasteiger partial charge in [0.15, 0.2) is 0 Å². The summed E-state index contributed by atoms with van der Waals surface area (Å²) < 4.78 is 5.41. The Balaban J connectivity index is 2.19. The molecule has 24 heavy (non-hydrogen) atoms. The molecule has 0 atom stereocenters. The van der Waals surface area contributed by atoms with Crippen LogP contribution in [0.15, 0.2) is 48.5 Å². The van der Waals surface area contributed by atoms with Gasteiger partial charge in [-0.25, -0.2) is 9.59 Å². The number of carboxylic acids is 1. The zero-order chi connectivity index (χ0) is 17.7. The third-order valence-corrected chi connectivity index (χ3v) is 3.62. The van der Waals surface area contributed by atoms with Gasteiger partial charge in [0.25, 0.3) is 0 Å². The van der Waals surface area contributed by atoms with E-state index in [0.717, 1.165) is 5.56 Å². The van der Waals surface area contributed by atoms with Crippen molar-refractivity contribution in [3.8, 4) is 0 Å². The van der Waals surface area contributed by atoms with Crippen molar-refractivity contribution in [3.63, 3.8) is 0 Å². The van der Waals surface area contributed by atoms with E-state index in [2.05, 4.69) is 0 Å². The Morgan fingerprint density at radius 2 is 1.79 bits per heavy atom. The quantitative estimate of drug-likeness (QED) is 0.891. The van der Waals surface area contributed by atoms with E-state index in [4.69, 9.17) is 9.84 Å². The summed E-state index contributed by atoms with van der Waals surface area (Å²) in [5, 5.41) is 9.06. The second kappa shape index (κ2) is 7.64. The summed E-state index contributed by atoms with van der Waals surface area (Å²) in [6.45, 7) is 5.74. The third kappa shape index (κ3) is 4.13. The maximum atomic E-state index is 12.5. The maximum Gasteiger partial charge on any atom is 0.414 e. The summed E-state index contributed by atoms with van der Waals surface area (Å²) in [4.78, 5) is 25.1. The molecule has 1 N–H and O–H groups in total. The van der Waals surface area contributed by atoms with E-state index < -0.39 is 12.1 Å². The SMILES string of the molecule is Cc1cc(C(=O)O)ccc1N(C(=O)OCc1ccccc1)C(C)C. The van der Waals surface area contributed by atoms with Gasteiger partial charge >= 0.3 is 12.1 Å². The zero-order valence-corrected chi connectivity index (χ0v) is 14.0. The fourth-order valence-corrected chi connectivity index (χ4v) is 2.43. The van der Waals surface area contributed by atoms with Gasteiger partial charge in [-0.3, -0.25) is 4.90 Å². The molecule has 0 aliphatic carbocycles. The Labute approximate surface area is 141 Å². The highest BCUT2D eigenvalue weighted by Gasteiger charge is 2.23. The monoisotopic (exact) mass is 327 g/mol. The molecule has 126 valence electrons. The normalized spacial score (nSPS) is 10.5. The summed E-state index contributed by atoms with van der Waals surface area (Å²) in [5.41, 5.74) is 2.46. The molecule has 5 heteroatoms. The number of benzene rings is 2. The maximum absolute atomic E-state index is 12.5.